The predicted molar refractivity (Wildman–Crippen MR) is 122 cm³/mol. The van der Waals surface area contributed by atoms with Crippen molar-refractivity contribution in [3.63, 3.8) is 0 Å². The number of amides is 1. The fourth-order valence-corrected chi connectivity index (χ4v) is 3.35. The molecule has 9 nitrogen and oxygen atoms in total. The monoisotopic (exact) mass is 435 g/mol. The van der Waals surface area contributed by atoms with Crippen LogP contribution in [-0.4, -0.2) is 94.9 Å². The molecule has 1 fully saturated rings. The Labute approximate surface area is 185 Å². The Morgan fingerprint density at radius 2 is 1.87 bits per heavy atom. The molecule has 2 rings (SSSR count). The van der Waals surface area contributed by atoms with Crippen LogP contribution in [0.1, 0.15) is 19.4 Å². The largest absolute Gasteiger partial charge is 0.493 e. The summed E-state index contributed by atoms with van der Waals surface area (Å²) in [5, 5.41) is 6.25. The van der Waals surface area contributed by atoms with E-state index in [4.69, 9.17) is 19.2 Å². The maximum atomic E-state index is 12.0. The second kappa shape index (κ2) is 13.7. The molecule has 0 aliphatic carbocycles. The zero-order valence-corrected chi connectivity index (χ0v) is 19.3. The molecule has 0 radical (unpaired) electrons. The molecule has 2 N–H and O–H groups in total. The van der Waals surface area contributed by atoms with Gasteiger partial charge in [-0.3, -0.25) is 9.69 Å². The van der Waals surface area contributed by atoms with Crippen molar-refractivity contribution in [3.8, 4) is 11.5 Å². The summed E-state index contributed by atoms with van der Waals surface area (Å²) in [6, 6.07) is 5.91. The summed E-state index contributed by atoms with van der Waals surface area (Å²) in [7, 11) is 3.27. The maximum absolute atomic E-state index is 12.0. The lowest BCUT2D eigenvalue weighted by molar-refractivity contribution is -0.122. The van der Waals surface area contributed by atoms with Crippen molar-refractivity contribution in [2.75, 3.05) is 73.2 Å². The molecule has 0 bridgehead atoms. The average molecular weight is 436 g/mol. The van der Waals surface area contributed by atoms with Crippen LogP contribution in [0.15, 0.2) is 23.2 Å². The van der Waals surface area contributed by atoms with Crippen LogP contribution in [0, 0.1) is 0 Å². The molecular formula is C22H37N5O4. The number of piperazine rings is 1. The first-order valence-corrected chi connectivity index (χ1v) is 10.9. The highest BCUT2D eigenvalue weighted by molar-refractivity contribution is 5.80. The van der Waals surface area contributed by atoms with Crippen molar-refractivity contribution in [3.05, 3.63) is 23.8 Å². The van der Waals surface area contributed by atoms with Crippen LogP contribution in [0.4, 0.5) is 0 Å². The lowest BCUT2D eigenvalue weighted by Crippen LogP contribution is -2.54. The van der Waals surface area contributed by atoms with Gasteiger partial charge in [0, 0.05) is 46.4 Å². The van der Waals surface area contributed by atoms with E-state index in [1.54, 1.807) is 14.2 Å². The van der Waals surface area contributed by atoms with E-state index in [9.17, 15) is 4.79 Å². The van der Waals surface area contributed by atoms with Gasteiger partial charge >= 0.3 is 0 Å². The SMILES string of the molecule is CCNC(=NCc1ccc(OC)c(OCC)c1)N1CCN(CC(=O)NCCOC)CC1. The summed E-state index contributed by atoms with van der Waals surface area (Å²) >= 11 is 0. The summed E-state index contributed by atoms with van der Waals surface area (Å²) in [5.74, 6) is 2.39. The van der Waals surface area contributed by atoms with Crippen LogP contribution in [0.2, 0.25) is 0 Å². The molecule has 1 aliphatic heterocycles. The van der Waals surface area contributed by atoms with E-state index in [0.29, 0.717) is 32.8 Å². The Morgan fingerprint density at radius 3 is 2.52 bits per heavy atom. The van der Waals surface area contributed by atoms with E-state index in [0.717, 1.165) is 55.7 Å². The summed E-state index contributed by atoms with van der Waals surface area (Å²) < 4.78 is 16.0. The number of carbonyl (C=O) groups is 1. The van der Waals surface area contributed by atoms with Gasteiger partial charge in [0.15, 0.2) is 17.5 Å². The van der Waals surface area contributed by atoms with Crippen molar-refractivity contribution in [2.45, 2.75) is 20.4 Å². The number of nitrogens with zero attached hydrogens (tertiary/aromatic N) is 3. The molecule has 0 atom stereocenters. The minimum Gasteiger partial charge on any atom is -0.493 e. The van der Waals surface area contributed by atoms with E-state index in [1.165, 1.54) is 0 Å². The zero-order chi connectivity index (χ0) is 22.5. The van der Waals surface area contributed by atoms with Gasteiger partial charge in [-0.2, -0.15) is 0 Å². The summed E-state index contributed by atoms with van der Waals surface area (Å²) in [5.41, 5.74) is 1.06. The van der Waals surface area contributed by atoms with Crippen molar-refractivity contribution in [2.24, 2.45) is 4.99 Å². The topological polar surface area (TPSA) is 87.7 Å². The Kier molecular flexibility index (Phi) is 10.9. The molecule has 0 spiro atoms. The second-order valence-corrected chi connectivity index (χ2v) is 7.19. The molecule has 0 aromatic heterocycles. The van der Waals surface area contributed by atoms with Gasteiger partial charge in [-0.1, -0.05) is 6.07 Å². The quantitative estimate of drug-likeness (QED) is 0.304. The molecule has 0 saturated carbocycles. The van der Waals surface area contributed by atoms with Crippen LogP contribution in [0.5, 0.6) is 11.5 Å². The Hall–Kier alpha value is -2.52. The lowest BCUT2D eigenvalue weighted by atomic mass is 10.2. The lowest BCUT2D eigenvalue weighted by Gasteiger charge is -2.36. The van der Waals surface area contributed by atoms with Gasteiger partial charge in [0.25, 0.3) is 0 Å². The average Bonchev–Trinajstić information content (AvgIpc) is 2.78. The van der Waals surface area contributed by atoms with Gasteiger partial charge in [-0.25, -0.2) is 4.99 Å². The molecule has 9 heteroatoms. The summed E-state index contributed by atoms with van der Waals surface area (Å²) in [4.78, 5) is 21.2. The number of methoxy groups -OCH3 is 2. The third-order valence-corrected chi connectivity index (χ3v) is 4.94. The second-order valence-electron chi connectivity index (χ2n) is 7.19. The number of carbonyl (C=O) groups excluding carboxylic acids is 1. The van der Waals surface area contributed by atoms with Crippen molar-refractivity contribution in [1.29, 1.82) is 0 Å². The van der Waals surface area contributed by atoms with Crippen LogP contribution >= 0.6 is 0 Å². The molecule has 1 amide bonds. The van der Waals surface area contributed by atoms with Gasteiger partial charge in [-0.15, -0.1) is 0 Å². The van der Waals surface area contributed by atoms with E-state index in [-0.39, 0.29) is 5.91 Å². The van der Waals surface area contributed by atoms with Crippen molar-refractivity contribution < 1.29 is 19.0 Å². The van der Waals surface area contributed by atoms with Gasteiger partial charge in [0.05, 0.1) is 33.4 Å². The normalized spacial score (nSPS) is 15.0. The minimum absolute atomic E-state index is 0.0377. The molecule has 1 heterocycles. The van der Waals surface area contributed by atoms with Crippen molar-refractivity contribution >= 4 is 11.9 Å². The fourth-order valence-electron chi connectivity index (χ4n) is 3.35. The highest BCUT2D eigenvalue weighted by Crippen LogP contribution is 2.28. The predicted octanol–water partition coefficient (Wildman–Crippen LogP) is 0.940. The number of guanidine groups is 1. The number of aliphatic imine (C=N–C) groups is 1. The van der Waals surface area contributed by atoms with E-state index in [2.05, 4.69) is 27.4 Å². The Morgan fingerprint density at radius 1 is 1.10 bits per heavy atom. The molecule has 31 heavy (non-hydrogen) atoms. The van der Waals surface area contributed by atoms with E-state index in [1.807, 2.05) is 25.1 Å². The van der Waals surface area contributed by atoms with Crippen molar-refractivity contribution in [1.82, 2.24) is 20.4 Å². The Bertz CT molecular complexity index is 705. The zero-order valence-electron chi connectivity index (χ0n) is 19.3. The highest BCUT2D eigenvalue weighted by Gasteiger charge is 2.21. The third-order valence-electron chi connectivity index (χ3n) is 4.94. The van der Waals surface area contributed by atoms with Gasteiger partial charge in [0.1, 0.15) is 0 Å². The van der Waals surface area contributed by atoms with Gasteiger partial charge in [0.2, 0.25) is 5.91 Å². The molecule has 1 aromatic rings. The van der Waals surface area contributed by atoms with Crippen LogP contribution in [0.25, 0.3) is 0 Å². The number of rotatable bonds is 11. The van der Waals surface area contributed by atoms with Crippen LogP contribution in [-0.2, 0) is 16.1 Å². The number of benzene rings is 1. The van der Waals surface area contributed by atoms with Crippen LogP contribution < -0.4 is 20.1 Å². The Balaban J connectivity index is 1.92. The number of nitrogens with one attached hydrogen (secondary N) is 2. The van der Waals surface area contributed by atoms with Crippen LogP contribution in [0.3, 0.4) is 0 Å². The molecule has 174 valence electrons. The molecule has 1 saturated heterocycles. The number of hydrogen-bond acceptors (Lipinski definition) is 6. The van der Waals surface area contributed by atoms with Gasteiger partial charge in [-0.05, 0) is 31.5 Å². The first kappa shape index (κ1) is 24.7. The summed E-state index contributed by atoms with van der Waals surface area (Å²) in [6.45, 7) is 10.7. The van der Waals surface area contributed by atoms with E-state index < -0.39 is 0 Å². The number of hydrogen-bond donors (Lipinski definition) is 2. The maximum Gasteiger partial charge on any atom is 0.234 e. The fraction of sp³-hybridized carbons (Fsp3) is 0.636. The molecule has 1 aromatic carbocycles. The number of ether oxygens (including phenoxy) is 3. The molecule has 1 aliphatic rings. The minimum atomic E-state index is 0.0377. The smallest absolute Gasteiger partial charge is 0.234 e. The first-order valence-electron chi connectivity index (χ1n) is 10.9. The standard InChI is InChI=1S/C22H37N5O4/c1-5-23-22(25-16-18-7-8-19(30-4)20(15-18)31-6-2)27-12-10-26(11-13-27)17-21(28)24-9-14-29-3/h7-8,15H,5-6,9-14,16-17H2,1-4H3,(H,23,25)(H,24,28). The summed E-state index contributed by atoms with van der Waals surface area (Å²) in [6.07, 6.45) is 0. The van der Waals surface area contributed by atoms with Gasteiger partial charge < -0.3 is 29.7 Å². The molecule has 0 unspecified atom stereocenters. The first-order chi connectivity index (χ1) is 15.1. The molecular weight excluding hydrogens is 398 g/mol. The third kappa shape index (κ3) is 8.26. The van der Waals surface area contributed by atoms with E-state index >= 15 is 0 Å². The highest BCUT2D eigenvalue weighted by atomic mass is 16.5.